The molecule has 34 heavy (non-hydrogen) atoms. The van der Waals surface area contributed by atoms with Gasteiger partial charge in [0.1, 0.15) is 23.9 Å². The lowest BCUT2D eigenvalue weighted by Crippen LogP contribution is -2.42. The van der Waals surface area contributed by atoms with Crippen LogP contribution < -0.4 is 4.74 Å². The number of morpholine rings is 1. The molecule has 2 heterocycles. The molecule has 2 saturated heterocycles. The summed E-state index contributed by atoms with van der Waals surface area (Å²) in [6, 6.07) is 11.4. The maximum atomic E-state index is 13.4. The average Bonchev–Trinajstić information content (AvgIpc) is 3.12. The van der Waals surface area contributed by atoms with Gasteiger partial charge in [0.05, 0.1) is 24.8 Å². The summed E-state index contributed by atoms with van der Waals surface area (Å²) < 4.78 is 24.3. The Morgan fingerprint density at radius 1 is 1.09 bits per heavy atom. The molecule has 1 atom stereocenters. The lowest BCUT2D eigenvalue weighted by molar-refractivity contribution is -0.140. The van der Waals surface area contributed by atoms with Gasteiger partial charge in [-0.3, -0.25) is 14.5 Å². The minimum Gasteiger partial charge on any atom is -0.507 e. The van der Waals surface area contributed by atoms with Crippen molar-refractivity contribution in [1.82, 2.24) is 9.80 Å². The summed E-state index contributed by atoms with van der Waals surface area (Å²) in [5.74, 6) is -1.61. The van der Waals surface area contributed by atoms with Crippen LogP contribution >= 0.6 is 0 Å². The van der Waals surface area contributed by atoms with Crippen molar-refractivity contribution in [2.24, 2.45) is 0 Å². The van der Waals surface area contributed by atoms with Crippen LogP contribution in [0.3, 0.4) is 0 Å². The maximum Gasteiger partial charge on any atom is 0.295 e. The number of nitrogens with zero attached hydrogens (tertiary/aromatic N) is 2. The number of Topliss-reactive ketones (excluding diaryl/α,β-unsaturated/α-hetero) is 1. The number of carbonyl (C=O) groups is 2. The van der Waals surface area contributed by atoms with E-state index < -0.39 is 23.5 Å². The smallest absolute Gasteiger partial charge is 0.295 e. The lowest BCUT2D eigenvalue weighted by atomic mass is 9.95. The lowest BCUT2D eigenvalue weighted by Gasteiger charge is -2.31. The second-order valence-corrected chi connectivity index (χ2v) is 8.12. The van der Waals surface area contributed by atoms with Crippen LogP contribution in [0, 0.1) is 5.82 Å². The molecule has 0 saturated carbocycles. The Morgan fingerprint density at radius 2 is 1.76 bits per heavy atom. The van der Waals surface area contributed by atoms with Crippen LogP contribution in [-0.4, -0.2) is 72.6 Å². The zero-order valence-corrected chi connectivity index (χ0v) is 18.8. The van der Waals surface area contributed by atoms with Gasteiger partial charge in [-0.2, -0.15) is 0 Å². The number of hydrogen-bond acceptors (Lipinski definition) is 6. The quantitative estimate of drug-likeness (QED) is 0.279. The molecule has 2 aliphatic heterocycles. The highest BCUT2D eigenvalue weighted by atomic mass is 19.1. The fourth-order valence-electron chi connectivity index (χ4n) is 4.20. The molecule has 0 radical (unpaired) electrons. The van der Waals surface area contributed by atoms with Gasteiger partial charge >= 0.3 is 0 Å². The highest BCUT2D eigenvalue weighted by Crippen LogP contribution is 2.39. The Hall–Kier alpha value is -3.49. The molecule has 0 spiro atoms. The topological polar surface area (TPSA) is 79.3 Å². The molecule has 0 bridgehead atoms. The van der Waals surface area contributed by atoms with Gasteiger partial charge in [-0.25, -0.2) is 4.39 Å². The van der Waals surface area contributed by atoms with Crippen molar-refractivity contribution in [3.63, 3.8) is 0 Å². The predicted octanol–water partition coefficient (Wildman–Crippen LogP) is 3.14. The van der Waals surface area contributed by atoms with Crippen LogP contribution in [0.5, 0.6) is 5.75 Å². The van der Waals surface area contributed by atoms with E-state index in [2.05, 4.69) is 11.5 Å². The van der Waals surface area contributed by atoms with Crippen molar-refractivity contribution >= 4 is 17.4 Å². The Bertz CT molecular complexity index is 1080. The molecule has 2 aromatic carbocycles. The first-order valence-corrected chi connectivity index (χ1v) is 11.2. The van der Waals surface area contributed by atoms with E-state index in [9.17, 15) is 19.1 Å². The van der Waals surface area contributed by atoms with Crippen LogP contribution in [-0.2, 0) is 14.3 Å². The Kier molecular flexibility index (Phi) is 7.40. The van der Waals surface area contributed by atoms with Crippen molar-refractivity contribution in [3.8, 4) is 5.75 Å². The van der Waals surface area contributed by atoms with E-state index in [1.54, 1.807) is 30.3 Å². The van der Waals surface area contributed by atoms with E-state index in [4.69, 9.17) is 9.47 Å². The third-order valence-electron chi connectivity index (χ3n) is 5.98. The summed E-state index contributed by atoms with van der Waals surface area (Å²) in [5.41, 5.74) is 0.914. The molecule has 0 unspecified atom stereocenters. The van der Waals surface area contributed by atoms with Gasteiger partial charge in [0, 0.05) is 31.7 Å². The summed E-state index contributed by atoms with van der Waals surface area (Å²) in [6.07, 6.45) is 1.64. The van der Waals surface area contributed by atoms with Crippen LogP contribution in [0.25, 0.3) is 5.76 Å². The van der Waals surface area contributed by atoms with Gasteiger partial charge in [-0.15, -0.1) is 0 Å². The number of carbonyl (C=O) groups excluding carboxylic acids is 2. The number of aliphatic hydroxyl groups is 1. The molecule has 1 N–H and O–H groups in total. The number of hydrogen-bond donors (Lipinski definition) is 1. The first kappa shape index (κ1) is 23.7. The summed E-state index contributed by atoms with van der Waals surface area (Å²) in [4.78, 5) is 29.8. The highest BCUT2D eigenvalue weighted by molar-refractivity contribution is 6.46. The third-order valence-corrected chi connectivity index (χ3v) is 5.98. The fraction of sp³-hybridized carbons (Fsp3) is 0.308. The monoisotopic (exact) mass is 466 g/mol. The normalized spacial score (nSPS) is 20.5. The van der Waals surface area contributed by atoms with Crippen molar-refractivity contribution in [2.75, 3.05) is 46.0 Å². The zero-order chi connectivity index (χ0) is 24.1. The van der Waals surface area contributed by atoms with Crippen molar-refractivity contribution in [1.29, 1.82) is 0 Å². The molecule has 7 nitrogen and oxygen atoms in total. The number of rotatable bonds is 8. The van der Waals surface area contributed by atoms with Crippen molar-refractivity contribution in [2.45, 2.75) is 6.04 Å². The van der Waals surface area contributed by atoms with Crippen LogP contribution in [0.1, 0.15) is 17.2 Å². The summed E-state index contributed by atoms with van der Waals surface area (Å²) in [6.45, 7) is 7.61. The number of benzene rings is 2. The first-order chi connectivity index (χ1) is 16.5. The number of halogens is 1. The molecule has 2 aliphatic rings. The zero-order valence-electron chi connectivity index (χ0n) is 18.8. The number of ether oxygens (including phenoxy) is 2. The van der Waals surface area contributed by atoms with E-state index in [1.807, 2.05) is 0 Å². The summed E-state index contributed by atoms with van der Waals surface area (Å²) in [7, 11) is 0. The molecular weight excluding hydrogens is 439 g/mol. The standard InChI is InChI=1S/C26H27FN2O5/c1-2-15-34-21-9-5-18(6-10-21)23-22(24(30)19-3-7-20(27)8-4-19)25(31)26(32)29(23)12-11-28-13-16-33-17-14-28/h2-10,23,30H,1,11-17H2/t23-/m1/s1. The van der Waals surface area contributed by atoms with Gasteiger partial charge in [0.2, 0.25) is 0 Å². The second kappa shape index (κ2) is 10.6. The summed E-state index contributed by atoms with van der Waals surface area (Å²) in [5, 5.41) is 11.0. The van der Waals surface area contributed by atoms with Gasteiger partial charge in [-0.05, 0) is 42.0 Å². The molecule has 2 fully saturated rings. The molecule has 178 valence electrons. The van der Waals surface area contributed by atoms with Crippen molar-refractivity contribution in [3.05, 3.63) is 83.7 Å². The second-order valence-electron chi connectivity index (χ2n) is 8.12. The number of aliphatic hydroxyl groups excluding tert-OH is 1. The van der Waals surface area contributed by atoms with Crippen molar-refractivity contribution < 1.29 is 28.6 Å². The van der Waals surface area contributed by atoms with Gasteiger partial charge in [0.25, 0.3) is 11.7 Å². The maximum absolute atomic E-state index is 13.4. The Balaban J connectivity index is 1.70. The average molecular weight is 467 g/mol. The largest absolute Gasteiger partial charge is 0.507 e. The van der Waals surface area contributed by atoms with E-state index in [1.165, 1.54) is 29.2 Å². The van der Waals surface area contributed by atoms with Gasteiger partial charge in [-0.1, -0.05) is 24.8 Å². The summed E-state index contributed by atoms with van der Waals surface area (Å²) >= 11 is 0. The molecule has 1 amide bonds. The number of likely N-dealkylation sites (tertiary alicyclic amines) is 1. The number of ketones is 1. The van der Waals surface area contributed by atoms with E-state index in [0.29, 0.717) is 44.2 Å². The van der Waals surface area contributed by atoms with Gasteiger partial charge < -0.3 is 19.5 Å². The minimum absolute atomic E-state index is 0.0154. The molecule has 2 aromatic rings. The third kappa shape index (κ3) is 5.03. The molecule has 0 aromatic heterocycles. The Morgan fingerprint density at radius 3 is 2.41 bits per heavy atom. The molecular formula is C26H27FN2O5. The van der Waals surface area contributed by atoms with Gasteiger partial charge in [0.15, 0.2) is 0 Å². The van der Waals surface area contributed by atoms with Crippen LogP contribution in [0.2, 0.25) is 0 Å². The van der Waals surface area contributed by atoms with E-state index in [0.717, 1.165) is 13.1 Å². The predicted molar refractivity (Wildman–Crippen MR) is 125 cm³/mol. The Labute approximate surface area is 197 Å². The molecule has 4 rings (SSSR count). The molecule has 8 heteroatoms. The first-order valence-electron chi connectivity index (χ1n) is 11.2. The fourth-order valence-corrected chi connectivity index (χ4v) is 4.20. The molecule has 0 aliphatic carbocycles. The van der Waals surface area contributed by atoms with Crippen LogP contribution in [0.15, 0.2) is 66.8 Å². The van der Waals surface area contributed by atoms with Crippen LogP contribution in [0.4, 0.5) is 4.39 Å². The van der Waals surface area contributed by atoms with E-state index >= 15 is 0 Å². The highest BCUT2D eigenvalue weighted by Gasteiger charge is 2.46. The SMILES string of the molecule is C=CCOc1ccc([C@@H]2C(=C(O)c3ccc(F)cc3)C(=O)C(=O)N2CCN2CCOCC2)cc1. The number of amides is 1. The minimum atomic E-state index is -0.778. The van der Waals surface area contributed by atoms with E-state index in [-0.39, 0.29) is 16.9 Å².